The van der Waals surface area contributed by atoms with E-state index in [4.69, 9.17) is 9.47 Å². The van der Waals surface area contributed by atoms with E-state index in [2.05, 4.69) is 163 Å². The van der Waals surface area contributed by atoms with E-state index in [9.17, 15) is 5.11 Å². The molecule has 9 aromatic rings. The average molecular weight is 758 g/mol. The Bertz CT molecular complexity index is 3090. The Balaban J connectivity index is 0.924. The van der Waals surface area contributed by atoms with Crippen LogP contribution in [0.3, 0.4) is 0 Å². The van der Waals surface area contributed by atoms with E-state index >= 15 is 0 Å². The molecule has 9 aromatic carbocycles. The lowest BCUT2D eigenvalue weighted by Gasteiger charge is -2.31. The SMILES string of the molecule is Oc1ccccc1-c1cccc(-c2ccc(N(c3ccccc3)c3ccc4c(c3)Oc3cc5c(cc3O4)C3(c4ccccc4-c4ccccc43)c3ccccc3-5)cc2)c1. The topological polar surface area (TPSA) is 41.9 Å². The minimum Gasteiger partial charge on any atom is -0.507 e. The predicted octanol–water partition coefficient (Wildman–Crippen LogP) is 14.4. The minimum absolute atomic E-state index is 0.269. The van der Waals surface area contributed by atoms with E-state index in [0.29, 0.717) is 23.0 Å². The monoisotopic (exact) mass is 757 g/mol. The number of para-hydroxylation sites is 2. The van der Waals surface area contributed by atoms with E-state index in [1.807, 2.05) is 42.5 Å². The van der Waals surface area contributed by atoms with Crippen molar-refractivity contribution in [1.82, 2.24) is 0 Å². The largest absolute Gasteiger partial charge is 0.507 e. The molecule has 2 aliphatic carbocycles. The highest BCUT2D eigenvalue weighted by Crippen LogP contribution is 2.64. The number of ether oxygens (including phenoxy) is 2. The molecule has 1 spiro atoms. The van der Waals surface area contributed by atoms with Gasteiger partial charge < -0.3 is 19.5 Å². The Kier molecular flexibility index (Phi) is 7.26. The first-order valence-corrected chi connectivity index (χ1v) is 20.0. The van der Waals surface area contributed by atoms with Gasteiger partial charge in [-0.3, -0.25) is 0 Å². The Morgan fingerprint density at radius 3 is 1.54 bits per heavy atom. The van der Waals surface area contributed by atoms with Crippen molar-refractivity contribution >= 4 is 17.1 Å². The van der Waals surface area contributed by atoms with Crippen molar-refractivity contribution < 1.29 is 14.6 Å². The number of nitrogens with zero attached hydrogens (tertiary/aromatic N) is 1. The van der Waals surface area contributed by atoms with Gasteiger partial charge in [-0.25, -0.2) is 0 Å². The van der Waals surface area contributed by atoms with Crippen molar-refractivity contribution in [3.8, 4) is 73.3 Å². The van der Waals surface area contributed by atoms with Gasteiger partial charge in [0.2, 0.25) is 0 Å². The van der Waals surface area contributed by atoms with E-state index in [1.54, 1.807) is 6.07 Å². The molecule has 4 heteroatoms. The predicted molar refractivity (Wildman–Crippen MR) is 237 cm³/mol. The molecule has 0 fully saturated rings. The number of phenols is 1. The van der Waals surface area contributed by atoms with Crippen molar-refractivity contribution in [2.45, 2.75) is 5.41 Å². The van der Waals surface area contributed by atoms with Crippen LogP contribution < -0.4 is 14.4 Å². The molecule has 0 aromatic heterocycles. The van der Waals surface area contributed by atoms with Crippen LogP contribution in [0, 0.1) is 0 Å². The summed E-state index contributed by atoms with van der Waals surface area (Å²) in [5.41, 5.74) is 16.4. The molecule has 0 saturated heterocycles. The second-order valence-electron chi connectivity index (χ2n) is 15.4. The van der Waals surface area contributed by atoms with Gasteiger partial charge in [-0.2, -0.15) is 0 Å². The molecule has 1 N–H and O–H groups in total. The highest BCUT2D eigenvalue weighted by molar-refractivity contribution is 5.96. The number of hydrogen-bond acceptors (Lipinski definition) is 4. The normalized spacial score (nSPS) is 13.2. The molecule has 4 nitrogen and oxygen atoms in total. The fraction of sp³-hybridized carbons (Fsp3) is 0.0182. The lowest BCUT2D eigenvalue weighted by atomic mass is 9.70. The third-order valence-corrected chi connectivity index (χ3v) is 12.2. The molecule has 3 aliphatic rings. The quantitative estimate of drug-likeness (QED) is 0.190. The molecular formula is C55H35NO3. The Labute approximate surface area is 342 Å². The zero-order chi connectivity index (χ0) is 39.1. The van der Waals surface area contributed by atoms with Gasteiger partial charge in [0, 0.05) is 23.0 Å². The molecule has 0 amide bonds. The summed E-state index contributed by atoms with van der Waals surface area (Å²) in [5, 5.41) is 10.5. The maximum absolute atomic E-state index is 10.5. The molecule has 59 heavy (non-hydrogen) atoms. The Hall–Kier alpha value is -7.82. The molecule has 0 unspecified atom stereocenters. The van der Waals surface area contributed by atoms with E-state index in [1.165, 1.54) is 38.9 Å². The lowest BCUT2D eigenvalue weighted by Crippen LogP contribution is -2.25. The summed E-state index contributed by atoms with van der Waals surface area (Å²) < 4.78 is 13.6. The number of aromatic hydroxyl groups is 1. The Morgan fingerprint density at radius 2 is 0.847 bits per heavy atom. The molecule has 0 bridgehead atoms. The Morgan fingerprint density at radius 1 is 0.322 bits per heavy atom. The third-order valence-electron chi connectivity index (χ3n) is 12.2. The van der Waals surface area contributed by atoms with Crippen LogP contribution in [-0.4, -0.2) is 5.11 Å². The smallest absolute Gasteiger partial charge is 0.172 e. The van der Waals surface area contributed by atoms with Gasteiger partial charge in [0.15, 0.2) is 23.0 Å². The fourth-order valence-electron chi connectivity index (χ4n) is 9.71. The molecule has 12 rings (SSSR count). The van der Waals surface area contributed by atoms with Gasteiger partial charge in [-0.05, 0) is 122 Å². The summed E-state index contributed by atoms with van der Waals surface area (Å²) in [4.78, 5) is 2.24. The molecule has 278 valence electrons. The number of phenolic OH excluding ortho intramolecular Hbond substituents is 1. The van der Waals surface area contributed by atoms with Crippen LogP contribution in [0.25, 0.3) is 44.5 Å². The van der Waals surface area contributed by atoms with Crippen LogP contribution in [0.2, 0.25) is 0 Å². The summed E-state index contributed by atoms with van der Waals surface area (Å²) in [6.45, 7) is 0. The van der Waals surface area contributed by atoms with Gasteiger partial charge >= 0.3 is 0 Å². The summed E-state index contributed by atoms with van der Waals surface area (Å²) in [7, 11) is 0. The first-order chi connectivity index (χ1) is 29.1. The minimum atomic E-state index is -0.457. The second kappa shape index (κ2) is 12.9. The molecule has 1 aliphatic heterocycles. The van der Waals surface area contributed by atoms with Gasteiger partial charge in [-0.1, -0.05) is 140 Å². The summed E-state index contributed by atoms with van der Waals surface area (Å²) in [6.07, 6.45) is 0. The van der Waals surface area contributed by atoms with Crippen molar-refractivity contribution in [2.75, 3.05) is 4.90 Å². The summed E-state index contributed by atoms with van der Waals surface area (Å²) in [6, 6.07) is 71.8. The summed E-state index contributed by atoms with van der Waals surface area (Å²) in [5.74, 6) is 3.00. The fourth-order valence-corrected chi connectivity index (χ4v) is 9.71. The zero-order valence-electron chi connectivity index (χ0n) is 31.8. The number of rotatable bonds is 5. The van der Waals surface area contributed by atoms with Crippen LogP contribution in [0.5, 0.6) is 28.7 Å². The standard InChI is InChI=1S/C55H35NO3/c57-50-24-11-7-17-41(50)37-14-12-13-36(31-37)35-25-27-39(28-26-35)56(38-15-2-1-3-16-38)40-29-30-51-52(32-40)59-53-33-45-44-20-6-10-23-48(44)55(49(45)34-54(53)58-51)46-21-8-4-18-42(46)43-19-5-9-22-47(43)55/h1-34,57H. The highest BCUT2D eigenvalue weighted by Gasteiger charge is 2.52. The van der Waals surface area contributed by atoms with E-state index in [-0.39, 0.29) is 5.75 Å². The highest BCUT2D eigenvalue weighted by atomic mass is 16.6. The van der Waals surface area contributed by atoms with Crippen molar-refractivity contribution in [3.05, 3.63) is 229 Å². The summed E-state index contributed by atoms with van der Waals surface area (Å²) >= 11 is 0. The first kappa shape index (κ1) is 33.3. The second-order valence-corrected chi connectivity index (χ2v) is 15.4. The van der Waals surface area contributed by atoms with Crippen LogP contribution >= 0.6 is 0 Å². The van der Waals surface area contributed by atoms with Gasteiger partial charge in [0.25, 0.3) is 0 Å². The third kappa shape index (κ3) is 4.96. The molecule has 1 heterocycles. The molecule has 0 atom stereocenters. The zero-order valence-corrected chi connectivity index (χ0v) is 31.8. The number of fused-ring (bicyclic) bond motifs is 12. The van der Waals surface area contributed by atoms with Crippen molar-refractivity contribution in [1.29, 1.82) is 0 Å². The van der Waals surface area contributed by atoms with Crippen molar-refractivity contribution in [2.24, 2.45) is 0 Å². The van der Waals surface area contributed by atoms with Gasteiger partial charge in [-0.15, -0.1) is 0 Å². The van der Waals surface area contributed by atoms with Crippen molar-refractivity contribution in [3.63, 3.8) is 0 Å². The lowest BCUT2D eigenvalue weighted by molar-refractivity contribution is 0.359. The van der Waals surface area contributed by atoms with Gasteiger partial charge in [0.05, 0.1) is 11.1 Å². The van der Waals surface area contributed by atoms with Crippen LogP contribution in [0.4, 0.5) is 17.1 Å². The van der Waals surface area contributed by atoms with Crippen LogP contribution in [-0.2, 0) is 5.41 Å². The molecule has 0 radical (unpaired) electrons. The first-order valence-electron chi connectivity index (χ1n) is 20.0. The maximum Gasteiger partial charge on any atom is 0.172 e. The molecule has 0 saturated carbocycles. The van der Waals surface area contributed by atoms with Gasteiger partial charge in [0.1, 0.15) is 5.75 Å². The number of benzene rings is 9. The number of anilines is 3. The number of hydrogen-bond donors (Lipinski definition) is 1. The van der Waals surface area contributed by atoms with E-state index < -0.39 is 5.41 Å². The van der Waals surface area contributed by atoms with Crippen LogP contribution in [0.1, 0.15) is 22.3 Å². The maximum atomic E-state index is 10.5. The molecular weight excluding hydrogens is 723 g/mol. The van der Waals surface area contributed by atoms with Crippen LogP contribution in [0.15, 0.2) is 206 Å². The average Bonchev–Trinajstić information content (AvgIpc) is 3.75. The van der Waals surface area contributed by atoms with E-state index in [0.717, 1.165) is 44.9 Å².